The van der Waals surface area contributed by atoms with Gasteiger partial charge in [0.2, 0.25) is 6.29 Å². The Kier molecular flexibility index (Phi) is 1.42. The van der Waals surface area contributed by atoms with E-state index in [9.17, 15) is 9.59 Å². The number of likely N-dealkylation sites (tertiary alicyclic amines) is 1. The van der Waals surface area contributed by atoms with Crippen molar-refractivity contribution in [1.82, 2.24) is 10.2 Å². The monoisotopic (exact) mass is 154 g/mol. The van der Waals surface area contributed by atoms with Gasteiger partial charge in [-0.3, -0.25) is 9.59 Å². The molecule has 2 heterocycles. The normalized spacial score (nSPS) is 34.4. The Bertz CT molecular complexity index is 193. The van der Waals surface area contributed by atoms with Gasteiger partial charge in [0.1, 0.15) is 0 Å². The Hall–Kier alpha value is -0.900. The van der Waals surface area contributed by atoms with Crippen molar-refractivity contribution in [2.24, 2.45) is 5.92 Å². The van der Waals surface area contributed by atoms with E-state index in [1.807, 2.05) is 0 Å². The molecular weight excluding hydrogens is 144 g/mol. The zero-order chi connectivity index (χ0) is 7.84. The van der Waals surface area contributed by atoms with E-state index < -0.39 is 0 Å². The summed E-state index contributed by atoms with van der Waals surface area (Å²) >= 11 is 0. The highest BCUT2D eigenvalue weighted by Crippen LogP contribution is 2.22. The fraction of sp³-hybridized carbons (Fsp3) is 0.714. The van der Waals surface area contributed by atoms with Crippen LogP contribution in [-0.4, -0.2) is 42.8 Å². The van der Waals surface area contributed by atoms with Crippen molar-refractivity contribution in [1.29, 1.82) is 0 Å². The molecule has 2 saturated heterocycles. The lowest BCUT2D eigenvalue weighted by molar-refractivity contribution is -0.138. The predicted octanol–water partition coefficient (Wildman–Crippen LogP) is -1.38. The first-order valence-electron chi connectivity index (χ1n) is 3.78. The predicted molar refractivity (Wildman–Crippen MR) is 37.9 cm³/mol. The summed E-state index contributed by atoms with van der Waals surface area (Å²) < 4.78 is 0. The number of carbonyl (C=O) groups excluding carboxylic acids is 2. The molecule has 4 nitrogen and oxygen atoms in total. The largest absolute Gasteiger partial charge is 0.334 e. The van der Waals surface area contributed by atoms with Crippen molar-refractivity contribution in [3.05, 3.63) is 0 Å². The number of nitrogens with one attached hydrogen (secondary N) is 1. The van der Waals surface area contributed by atoms with Gasteiger partial charge >= 0.3 is 0 Å². The van der Waals surface area contributed by atoms with E-state index in [1.165, 1.54) is 0 Å². The lowest BCUT2D eigenvalue weighted by atomic mass is 9.96. The van der Waals surface area contributed by atoms with E-state index in [1.54, 1.807) is 4.90 Å². The number of hydrogen-bond acceptors (Lipinski definition) is 3. The molecule has 2 rings (SSSR count). The maximum absolute atomic E-state index is 10.9. The van der Waals surface area contributed by atoms with Crippen LogP contribution in [0.25, 0.3) is 0 Å². The maximum atomic E-state index is 10.9. The van der Waals surface area contributed by atoms with Gasteiger partial charge in [0.15, 0.2) is 0 Å². The second-order valence-corrected chi connectivity index (χ2v) is 3.14. The molecule has 0 unspecified atom stereocenters. The smallest absolute Gasteiger partial charge is 0.286 e. The number of amides is 1. The zero-order valence-corrected chi connectivity index (χ0v) is 6.12. The summed E-state index contributed by atoms with van der Waals surface area (Å²) in [5, 5.41) is 3.21. The van der Waals surface area contributed by atoms with Crippen LogP contribution >= 0.6 is 0 Å². The van der Waals surface area contributed by atoms with E-state index >= 15 is 0 Å². The first-order chi connectivity index (χ1) is 5.31. The minimum absolute atomic E-state index is 0.374. The lowest BCUT2D eigenvalue weighted by Crippen LogP contribution is -2.51. The van der Waals surface area contributed by atoms with E-state index in [4.69, 9.17) is 0 Å². The first-order valence-corrected chi connectivity index (χ1v) is 3.78. The third-order valence-electron chi connectivity index (χ3n) is 2.50. The number of hydrogen-bond donors (Lipinski definition) is 1. The van der Waals surface area contributed by atoms with Crippen LogP contribution in [0.5, 0.6) is 0 Å². The summed E-state index contributed by atoms with van der Waals surface area (Å²) in [7, 11) is 0. The number of rotatable bonds is 1. The number of aldehydes is 1. The summed E-state index contributed by atoms with van der Waals surface area (Å²) in [6.45, 7) is 2.46. The Labute approximate surface area is 64.5 Å². The van der Waals surface area contributed by atoms with Gasteiger partial charge in [0.05, 0.1) is 0 Å². The molecule has 0 spiro atoms. The SMILES string of the molecule is O=CC(=O)N1C[C@H]2CN[C@H]2C1. The van der Waals surface area contributed by atoms with Crippen molar-refractivity contribution >= 4 is 12.2 Å². The summed E-state index contributed by atoms with van der Waals surface area (Å²) in [5.41, 5.74) is 0. The molecule has 0 aromatic carbocycles. The van der Waals surface area contributed by atoms with Crippen molar-refractivity contribution in [2.45, 2.75) is 6.04 Å². The molecule has 0 bridgehead atoms. The summed E-state index contributed by atoms with van der Waals surface area (Å²) in [6.07, 6.45) is 0.394. The van der Waals surface area contributed by atoms with E-state index in [-0.39, 0.29) is 5.91 Å². The van der Waals surface area contributed by atoms with E-state index in [0.29, 0.717) is 24.8 Å². The third kappa shape index (κ3) is 0.939. The van der Waals surface area contributed by atoms with Crippen LogP contribution in [0.4, 0.5) is 0 Å². The molecule has 0 aromatic rings. The van der Waals surface area contributed by atoms with Crippen LogP contribution in [0.2, 0.25) is 0 Å². The molecule has 0 aromatic heterocycles. The number of nitrogens with zero attached hydrogens (tertiary/aromatic N) is 1. The number of fused-ring (bicyclic) bond motifs is 1. The van der Waals surface area contributed by atoms with Gasteiger partial charge in [0.25, 0.3) is 5.91 Å². The molecule has 11 heavy (non-hydrogen) atoms. The Morgan fingerprint density at radius 2 is 2.36 bits per heavy atom. The highest BCUT2D eigenvalue weighted by atomic mass is 16.2. The molecule has 0 aliphatic carbocycles. The van der Waals surface area contributed by atoms with Crippen LogP contribution in [-0.2, 0) is 9.59 Å². The van der Waals surface area contributed by atoms with Gasteiger partial charge in [-0.05, 0) is 0 Å². The molecule has 2 aliphatic rings. The van der Waals surface area contributed by atoms with Crippen LogP contribution in [0.3, 0.4) is 0 Å². The molecule has 2 atom stereocenters. The lowest BCUT2D eigenvalue weighted by Gasteiger charge is -2.29. The summed E-state index contributed by atoms with van der Waals surface area (Å²) in [4.78, 5) is 22.6. The molecule has 1 amide bonds. The van der Waals surface area contributed by atoms with Crippen LogP contribution in [0.1, 0.15) is 0 Å². The Morgan fingerprint density at radius 3 is 2.73 bits per heavy atom. The molecule has 2 aliphatic heterocycles. The molecule has 2 fully saturated rings. The first kappa shape index (κ1) is 6.79. The van der Waals surface area contributed by atoms with Gasteiger partial charge in [0, 0.05) is 31.6 Å². The minimum atomic E-state index is -0.374. The zero-order valence-electron chi connectivity index (χ0n) is 6.12. The molecule has 0 saturated carbocycles. The fourth-order valence-electron chi connectivity index (χ4n) is 1.71. The standard InChI is InChI=1S/C7H10N2O2/c10-4-7(11)9-2-5-1-8-6(5)3-9/h4-6,8H,1-3H2/t5-,6+/m1/s1. The quantitative estimate of drug-likeness (QED) is 0.374. The summed E-state index contributed by atoms with van der Waals surface area (Å²) in [5.74, 6) is 0.222. The second-order valence-electron chi connectivity index (χ2n) is 3.14. The van der Waals surface area contributed by atoms with Crippen LogP contribution < -0.4 is 5.32 Å². The average Bonchev–Trinajstić information content (AvgIpc) is 2.27. The van der Waals surface area contributed by atoms with Crippen LogP contribution in [0.15, 0.2) is 0 Å². The molecule has 4 heteroatoms. The summed E-state index contributed by atoms with van der Waals surface area (Å²) in [6, 6.07) is 0.457. The van der Waals surface area contributed by atoms with Gasteiger partial charge in [-0.2, -0.15) is 0 Å². The third-order valence-corrected chi connectivity index (χ3v) is 2.50. The minimum Gasteiger partial charge on any atom is -0.334 e. The second kappa shape index (κ2) is 2.30. The Morgan fingerprint density at radius 1 is 1.55 bits per heavy atom. The maximum Gasteiger partial charge on any atom is 0.286 e. The molecular formula is C7H10N2O2. The molecule has 1 N–H and O–H groups in total. The van der Waals surface area contributed by atoms with Gasteiger partial charge in [-0.15, -0.1) is 0 Å². The van der Waals surface area contributed by atoms with Crippen molar-refractivity contribution in [3.8, 4) is 0 Å². The molecule has 0 radical (unpaired) electrons. The van der Waals surface area contributed by atoms with Crippen molar-refractivity contribution in [2.75, 3.05) is 19.6 Å². The highest BCUT2D eigenvalue weighted by Gasteiger charge is 2.40. The van der Waals surface area contributed by atoms with E-state index in [2.05, 4.69) is 5.32 Å². The highest BCUT2D eigenvalue weighted by molar-refractivity contribution is 6.23. The van der Waals surface area contributed by atoms with Gasteiger partial charge in [-0.1, -0.05) is 0 Å². The van der Waals surface area contributed by atoms with E-state index in [0.717, 1.165) is 13.1 Å². The number of carbonyl (C=O) groups is 2. The molecule has 60 valence electrons. The fourth-order valence-corrected chi connectivity index (χ4v) is 1.71. The average molecular weight is 154 g/mol. The van der Waals surface area contributed by atoms with Crippen LogP contribution in [0, 0.1) is 5.92 Å². The topological polar surface area (TPSA) is 49.4 Å². The van der Waals surface area contributed by atoms with Gasteiger partial charge < -0.3 is 10.2 Å². The van der Waals surface area contributed by atoms with Crippen molar-refractivity contribution in [3.63, 3.8) is 0 Å². The Balaban J connectivity index is 1.98. The van der Waals surface area contributed by atoms with Gasteiger partial charge in [-0.25, -0.2) is 0 Å². The van der Waals surface area contributed by atoms with Crippen molar-refractivity contribution < 1.29 is 9.59 Å².